The van der Waals surface area contributed by atoms with E-state index in [0.29, 0.717) is 13.2 Å². The molecule has 0 aliphatic carbocycles. The highest BCUT2D eigenvalue weighted by molar-refractivity contribution is 5.82. The lowest BCUT2D eigenvalue weighted by Crippen LogP contribution is -2.10. The molecule has 0 fully saturated rings. The van der Waals surface area contributed by atoms with E-state index in [1.165, 1.54) is 23.3 Å². The molecular weight excluding hydrogens is 669 g/mol. The number of carbonyl (C=O) groups is 2. The van der Waals surface area contributed by atoms with Crippen molar-refractivity contribution in [3.8, 4) is 11.1 Å². The summed E-state index contributed by atoms with van der Waals surface area (Å²) in [6, 6.07) is 55.2. The highest BCUT2D eigenvalue weighted by Gasteiger charge is 2.15. The van der Waals surface area contributed by atoms with Crippen LogP contribution in [0.25, 0.3) is 11.1 Å². The minimum absolute atomic E-state index is 0.372. The summed E-state index contributed by atoms with van der Waals surface area (Å²) in [5.41, 5.74) is 11.0. The fourth-order valence-corrected chi connectivity index (χ4v) is 6.29. The molecule has 0 amide bonds. The summed E-state index contributed by atoms with van der Waals surface area (Å²) in [5, 5.41) is 0. The van der Waals surface area contributed by atoms with Gasteiger partial charge in [0.2, 0.25) is 0 Å². The molecule has 6 nitrogen and oxygen atoms in total. The van der Waals surface area contributed by atoms with Gasteiger partial charge in [-0.15, -0.1) is 0 Å². The third-order valence-electron chi connectivity index (χ3n) is 9.04. The van der Waals surface area contributed by atoms with Gasteiger partial charge in [0, 0.05) is 46.3 Å². The van der Waals surface area contributed by atoms with E-state index in [4.69, 9.17) is 9.47 Å². The minimum atomic E-state index is -0.389. The van der Waals surface area contributed by atoms with Crippen molar-refractivity contribution in [2.24, 2.45) is 0 Å². The molecule has 0 aliphatic rings. The number of carbonyl (C=O) groups excluding carboxylic acids is 2. The van der Waals surface area contributed by atoms with Gasteiger partial charge in [0.05, 0.1) is 13.2 Å². The molecule has 6 heteroatoms. The summed E-state index contributed by atoms with van der Waals surface area (Å²) in [7, 11) is 0. The maximum atomic E-state index is 11.3. The summed E-state index contributed by atoms with van der Waals surface area (Å²) in [6.07, 6.45) is 5.52. The summed E-state index contributed by atoms with van der Waals surface area (Å²) < 4.78 is 10.3. The number of hydrogen-bond acceptors (Lipinski definition) is 6. The second kappa shape index (κ2) is 18.7. The monoisotopic (exact) mass is 712 g/mol. The first kappa shape index (κ1) is 37.1. The van der Waals surface area contributed by atoms with E-state index in [1.807, 2.05) is 12.1 Å². The lowest BCUT2D eigenvalue weighted by molar-refractivity contribution is -0.138. The van der Waals surface area contributed by atoms with Crippen molar-refractivity contribution in [3.63, 3.8) is 0 Å². The van der Waals surface area contributed by atoms with Crippen LogP contribution in [0.5, 0.6) is 0 Å². The first-order valence-electron chi connectivity index (χ1n) is 18.2. The molecular formula is C48H44N2O4. The Hall–Kier alpha value is -6.66. The molecule has 0 spiro atoms. The second-order valence-corrected chi connectivity index (χ2v) is 12.7. The maximum Gasteiger partial charge on any atom is 0.330 e. The second-order valence-electron chi connectivity index (χ2n) is 12.7. The van der Waals surface area contributed by atoms with Crippen LogP contribution in [0.2, 0.25) is 0 Å². The van der Waals surface area contributed by atoms with Crippen molar-refractivity contribution in [1.29, 1.82) is 0 Å². The van der Waals surface area contributed by atoms with Gasteiger partial charge in [0.25, 0.3) is 0 Å². The van der Waals surface area contributed by atoms with Crippen molar-refractivity contribution < 1.29 is 19.1 Å². The van der Waals surface area contributed by atoms with Crippen molar-refractivity contribution >= 4 is 46.1 Å². The summed E-state index contributed by atoms with van der Waals surface area (Å²) in [5.74, 6) is -0.779. The van der Waals surface area contributed by atoms with E-state index < -0.39 is 0 Å². The summed E-state index contributed by atoms with van der Waals surface area (Å²) in [6.45, 7) is 7.64. The Bertz CT molecular complexity index is 1960. The van der Waals surface area contributed by atoms with Crippen molar-refractivity contribution in [2.75, 3.05) is 23.0 Å². The van der Waals surface area contributed by atoms with Crippen LogP contribution in [0.1, 0.15) is 24.0 Å². The highest BCUT2D eigenvalue weighted by atomic mass is 16.5. The fraction of sp³-hybridized carbons (Fsp3) is 0.125. The Morgan fingerprint density at radius 2 is 0.722 bits per heavy atom. The Labute approximate surface area is 318 Å². The van der Waals surface area contributed by atoms with Gasteiger partial charge in [0.15, 0.2) is 0 Å². The summed E-state index contributed by atoms with van der Waals surface area (Å²) >= 11 is 0. The van der Waals surface area contributed by atoms with Gasteiger partial charge >= 0.3 is 11.9 Å². The Kier molecular flexibility index (Phi) is 12.9. The Morgan fingerprint density at radius 1 is 0.426 bits per heavy atom. The molecule has 0 saturated carbocycles. The molecule has 6 aromatic rings. The van der Waals surface area contributed by atoms with Crippen LogP contribution in [-0.4, -0.2) is 25.2 Å². The number of benzene rings is 6. The molecule has 0 aliphatic heterocycles. The average molecular weight is 713 g/mol. The van der Waals surface area contributed by atoms with Crippen LogP contribution in [0.3, 0.4) is 0 Å². The van der Waals surface area contributed by atoms with E-state index >= 15 is 0 Å². The predicted octanol–water partition coefficient (Wildman–Crippen LogP) is 11.6. The minimum Gasteiger partial charge on any atom is -0.463 e. The van der Waals surface area contributed by atoms with Gasteiger partial charge in [0.1, 0.15) is 0 Å². The molecule has 0 radical (unpaired) electrons. The van der Waals surface area contributed by atoms with E-state index in [0.717, 1.165) is 70.9 Å². The number of hydrogen-bond donors (Lipinski definition) is 0. The topological polar surface area (TPSA) is 59.1 Å². The average Bonchev–Trinajstić information content (AvgIpc) is 3.23. The van der Waals surface area contributed by atoms with Crippen LogP contribution in [-0.2, 0) is 31.9 Å². The Morgan fingerprint density at radius 3 is 1.04 bits per heavy atom. The number of aryl methyl sites for hydroxylation is 2. The van der Waals surface area contributed by atoms with Crippen molar-refractivity contribution in [1.82, 2.24) is 0 Å². The van der Waals surface area contributed by atoms with Crippen LogP contribution >= 0.6 is 0 Å². The molecule has 0 unspecified atom stereocenters. The van der Waals surface area contributed by atoms with Gasteiger partial charge in [-0.25, -0.2) is 9.59 Å². The van der Waals surface area contributed by atoms with E-state index in [9.17, 15) is 9.59 Å². The smallest absolute Gasteiger partial charge is 0.330 e. The van der Waals surface area contributed by atoms with Gasteiger partial charge < -0.3 is 19.3 Å². The molecule has 54 heavy (non-hydrogen) atoms. The van der Waals surface area contributed by atoms with Crippen LogP contribution in [0.15, 0.2) is 183 Å². The quantitative estimate of drug-likeness (QED) is 0.0533. The molecule has 0 bridgehead atoms. The zero-order valence-electron chi connectivity index (χ0n) is 30.4. The van der Waals surface area contributed by atoms with E-state index in [2.05, 4.69) is 169 Å². The third kappa shape index (κ3) is 9.81. The molecule has 6 rings (SSSR count). The molecule has 0 aromatic heterocycles. The zero-order valence-corrected chi connectivity index (χ0v) is 30.4. The largest absolute Gasteiger partial charge is 0.463 e. The molecule has 0 N–H and O–H groups in total. The molecule has 0 heterocycles. The first-order valence-corrected chi connectivity index (χ1v) is 18.2. The summed E-state index contributed by atoms with van der Waals surface area (Å²) in [4.78, 5) is 27.2. The highest BCUT2D eigenvalue weighted by Crippen LogP contribution is 2.38. The van der Waals surface area contributed by atoms with Gasteiger partial charge in [-0.1, -0.05) is 98.1 Å². The SMILES string of the molecule is C=CC(=O)OCCCc1ccc(N(c2ccccc2)c2ccc(-c3ccc(N(c4ccccc4)c4ccc(CCCOC(=O)C=C)cc4)cc3)cc2)cc1. The van der Waals surface area contributed by atoms with Crippen LogP contribution in [0.4, 0.5) is 34.1 Å². The lowest BCUT2D eigenvalue weighted by Gasteiger charge is -2.26. The number of anilines is 6. The number of nitrogens with zero attached hydrogens (tertiary/aromatic N) is 2. The number of rotatable bonds is 17. The Balaban J connectivity index is 1.18. The maximum absolute atomic E-state index is 11.3. The van der Waals surface area contributed by atoms with Crippen molar-refractivity contribution in [2.45, 2.75) is 25.7 Å². The zero-order chi connectivity index (χ0) is 37.5. The van der Waals surface area contributed by atoms with Crippen LogP contribution in [0, 0.1) is 0 Å². The molecule has 6 aromatic carbocycles. The fourth-order valence-electron chi connectivity index (χ4n) is 6.29. The van der Waals surface area contributed by atoms with Gasteiger partial charge in [-0.3, -0.25) is 0 Å². The van der Waals surface area contributed by atoms with E-state index in [1.54, 1.807) is 0 Å². The normalized spacial score (nSPS) is 10.6. The number of ether oxygens (including phenoxy) is 2. The van der Waals surface area contributed by atoms with Gasteiger partial charge in [-0.2, -0.15) is 0 Å². The first-order chi connectivity index (χ1) is 26.5. The number of esters is 2. The lowest BCUT2D eigenvalue weighted by atomic mass is 10.0. The molecule has 270 valence electrons. The third-order valence-corrected chi connectivity index (χ3v) is 9.04. The van der Waals surface area contributed by atoms with E-state index in [-0.39, 0.29) is 11.9 Å². The molecule has 0 saturated heterocycles. The van der Waals surface area contributed by atoms with Crippen molar-refractivity contribution in [3.05, 3.63) is 194 Å². The molecule has 0 atom stereocenters. The van der Waals surface area contributed by atoms with Gasteiger partial charge in [-0.05, 0) is 121 Å². The number of para-hydroxylation sites is 2. The predicted molar refractivity (Wildman–Crippen MR) is 220 cm³/mol. The standard InChI is InChI=1S/C48H44N2O4/c1-3-47(51)53-35-11-13-37-19-27-43(28-20-37)49(41-15-7-5-8-16-41)45-31-23-39(24-32-45)40-25-33-46(34-26-40)50(42-17-9-6-10-18-42)44-29-21-38(22-30-44)14-12-36-54-48(52)4-2/h3-10,15-34H,1-2,11-14,35-36H2. The van der Waals surface area contributed by atoms with Crippen LogP contribution < -0.4 is 9.80 Å².